The maximum atomic E-state index is 12.5. The molecule has 1 heterocycles. The summed E-state index contributed by atoms with van der Waals surface area (Å²) in [5, 5.41) is 4.12. The van der Waals surface area contributed by atoms with Crippen molar-refractivity contribution in [3.05, 3.63) is 102 Å². The van der Waals surface area contributed by atoms with E-state index in [1.165, 1.54) is 0 Å². The Hall–Kier alpha value is -3.53. The number of carbonyl (C=O) groups excluding carboxylic acids is 1. The summed E-state index contributed by atoms with van der Waals surface area (Å²) in [6.07, 6.45) is 2.26. The summed E-state index contributed by atoms with van der Waals surface area (Å²) >= 11 is 0. The molecule has 0 spiro atoms. The van der Waals surface area contributed by atoms with Crippen molar-refractivity contribution in [1.29, 1.82) is 0 Å². The zero-order valence-electron chi connectivity index (χ0n) is 15.5. The molecule has 4 aromatic rings. The van der Waals surface area contributed by atoms with Crippen molar-refractivity contribution >= 4 is 16.8 Å². The number of rotatable bonds is 7. The normalized spacial score (nSPS) is 10.7. The molecular weight excluding hydrogens is 348 g/mol. The molecule has 1 amide bonds. The van der Waals surface area contributed by atoms with Crippen LogP contribution in [0.4, 0.5) is 0 Å². The number of hydrogen-bond donors (Lipinski definition) is 2. The molecule has 4 nitrogen and oxygen atoms in total. The smallest absolute Gasteiger partial charge is 0.224 e. The largest absolute Gasteiger partial charge is 0.489 e. The molecule has 0 bridgehead atoms. The Bertz CT molecular complexity index is 1070. The molecule has 2 N–H and O–H groups in total. The summed E-state index contributed by atoms with van der Waals surface area (Å²) in [5.41, 5.74) is 4.19. The van der Waals surface area contributed by atoms with Gasteiger partial charge in [-0.05, 0) is 34.9 Å². The summed E-state index contributed by atoms with van der Waals surface area (Å²) in [6, 6.07) is 25.8. The van der Waals surface area contributed by atoms with Gasteiger partial charge in [-0.25, -0.2) is 0 Å². The number of amides is 1. The first-order valence-corrected chi connectivity index (χ1v) is 9.36. The van der Waals surface area contributed by atoms with Crippen LogP contribution >= 0.6 is 0 Å². The molecule has 0 aliphatic carbocycles. The molecule has 140 valence electrons. The van der Waals surface area contributed by atoms with Gasteiger partial charge in [-0.1, -0.05) is 60.7 Å². The van der Waals surface area contributed by atoms with Gasteiger partial charge in [-0.2, -0.15) is 0 Å². The lowest BCUT2D eigenvalue weighted by atomic mass is 10.1. The molecule has 0 atom stereocenters. The van der Waals surface area contributed by atoms with E-state index in [1.807, 2.05) is 85.1 Å². The maximum Gasteiger partial charge on any atom is 0.224 e. The average Bonchev–Trinajstić information content (AvgIpc) is 3.15. The second-order valence-electron chi connectivity index (χ2n) is 6.68. The zero-order chi connectivity index (χ0) is 19.2. The lowest BCUT2D eigenvalue weighted by Gasteiger charge is -2.12. The highest BCUT2D eigenvalue weighted by Crippen LogP contribution is 2.18. The van der Waals surface area contributed by atoms with Gasteiger partial charge < -0.3 is 15.0 Å². The van der Waals surface area contributed by atoms with Gasteiger partial charge in [0.1, 0.15) is 12.4 Å². The number of para-hydroxylation sites is 2. The molecule has 1 aromatic heterocycles. The van der Waals surface area contributed by atoms with Crippen LogP contribution in [0.15, 0.2) is 85.1 Å². The Morgan fingerprint density at radius 3 is 2.39 bits per heavy atom. The first-order chi connectivity index (χ1) is 13.8. The van der Waals surface area contributed by atoms with Gasteiger partial charge in [0.05, 0.1) is 6.42 Å². The highest BCUT2D eigenvalue weighted by atomic mass is 16.5. The van der Waals surface area contributed by atoms with Crippen LogP contribution in [-0.2, 0) is 24.4 Å². The minimum Gasteiger partial charge on any atom is -0.489 e. The highest BCUT2D eigenvalue weighted by Gasteiger charge is 2.10. The van der Waals surface area contributed by atoms with Crippen LogP contribution in [0.25, 0.3) is 10.9 Å². The Morgan fingerprint density at radius 1 is 0.821 bits per heavy atom. The van der Waals surface area contributed by atoms with Gasteiger partial charge in [0.15, 0.2) is 0 Å². The van der Waals surface area contributed by atoms with E-state index in [9.17, 15) is 4.79 Å². The summed E-state index contributed by atoms with van der Waals surface area (Å²) in [7, 11) is 0. The highest BCUT2D eigenvalue weighted by molar-refractivity contribution is 5.88. The van der Waals surface area contributed by atoms with Crippen LogP contribution < -0.4 is 10.1 Å². The first-order valence-electron chi connectivity index (χ1n) is 9.36. The number of nitrogens with one attached hydrogen (secondary N) is 2. The number of fused-ring (bicyclic) bond motifs is 1. The fourth-order valence-electron chi connectivity index (χ4n) is 3.26. The van der Waals surface area contributed by atoms with Gasteiger partial charge >= 0.3 is 0 Å². The Morgan fingerprint density at radius 2 is 1.54 bits per heavy atom. The molecule has 0 aliphatic heterocycles. The molecule has 4 rings (SSSR count). The fourth-order valence-corrected chi connectivity index (χ4v) is 3.26. The number of ether oxygens (including phenoxy) is 1. The van der Waals surface area contributed by atoms with E-state index in [4.69, 9.17) is 4.74 Å². The number of hydrogen-bond acceptors (Lipinski definition) is 2. The zero-order valence-corrected chi connectivity index (χ0v) is 15.5. The third kappa shape index (κ3) is 4.23. The van der Waals surface area contributed by atoms with Crippen LogP contribution in [0, 0.1) is 0 Å². The van der Waals surface area contributed by atoms with E-state index in [1.54, 1.807) is 0 Å². The predicted octanol–water partition coefficient (Wildman–Crippen LogP) is 4.61. The topological polar surface area (TPSA) is 54.1 Å². The van der Waals surface area contributed by atoms with Crippen molar-refractivity contribution < 1.29 is 9.53 Å². The van der Waals surface area contributed by atoms with E-state index in [0.29, 0.717) is 19.6 Å². The van der Waals surface area contributed by atoms with E-state index < -0.39 is 0 Å². The van der Waals surface area contributed by atoms with Crippen LogP contribution in [0.2, 0.25) is 0 Å². The Labute approximate surface area is 164 Å². The molecule has 0 saturated carbocycles. The van der Waals surface area contributed by atoms with Crippen LogP contribution in [0.5, 0.6) is 5.75 Å². The van der Waals surface area contributed by atoms with Crippen molar-refractivity contribution in [1.82, 2.24) is 10.3 Å². The van der Waals surface area contributed by atoms with Gasteiger partial charge in [0, 0.05) is 23.6 Å². The molecule has 0 unspecified atom stereocenters. The maximum absolute atomic E-state index is 12.5. The summed E-state index contributed by atoms with van der Waals surface area (Å²) in [5.74, 6) is 0.837. The van der Waals surface area contributed by atoms with Crippen LogP contribution in [0.3, 0.4) is 0 Å². The minimum atomic E-state index is 0.00327. The Kier molecular flexibility index (Phi) is 5.38. The third-order valence-corrected chi connectivity index (χ3v) is 4.76. The molecule has 28 heavy (non-hydrogen) atoms. The summed E-state index contributed by atoms with van der Waals surface area (Å²) in [6.45, 7) is 0.952. The SMILES string of the molecule is O=C(Cc1c[nH]c2ccccc12)NCc1ccccc1COc1ccccc1. The van der Waals surface area contributed by atoms with Crippen molar-refractivity contribution in [3.63, 3.8) is 0 Å². The van der Waals surface area contributed by atoms with Gasteiger partial charge in [-0.3, -0.25) is 4.79 Å². The number of H-pyrrole nitrogens is 1. The monoisotopic (exact) mass is 370 g/mol. The van der Waals surface area contributed by atoms with Gasteiger partial charge in [-0.15, -0.1) is 0 Å². The molecule has 0 fully saturated rings. The third-order valence-electron chi connectivity index (χ3n) is 4.76. The van der Waals surface area contributed by atoms with E-state index >= 15 is 0 Å². The fraction of sp³-hybridized carbons (Fsp3) is 0.125. The van der Waals surface area contributed by atoms with E-state index in [0.717, 1.165) is 33.3 Å². The van der Waals surface area contributed by atoms with E-state index in [-0.39, 0.29) is 5.91 Å². The summed E-state index contributed by atoms with van der Waals surface area (Å²) < 4.78 is 5.86. The van der Waals surface area contributed by atoms with Crippen LogP contribution in [-0.4, -0.2) is 10.9 Å². The predicted molar refractivity (Wildman–Crippen MR) is 111 cm³/mol. The molecule has 3 aromatic carbocycles. The van der Waals surface area contributed by atoms with Crippen molar-refractivity contribution in [2.24, 2.45) is 0 Å². The number of aromatic amines is 1. The van der Waals surface area contributed by atoms with Crippen molar-refractivity contribution in [3.8, 4) is 5.75 Å². The van der Waals surface area contributed by atoms with E-state index in [2.05, 4.69) is 10.3 Å². The minimum absolute atomic E-state index is 0.00327. The molecule has 4 heteroatoms. The number of carbonyl (C=O) groups is 1. The average molecular weight is 370 g/mol. The quantitative estimate of drug-likeness (QED) is 0.499. The molecule has 0 radical (unpaired) electrons. The lowest BCUT2D eigenvalue weighted by Crippen LogP contribution is -2.25. The molecule has 0 aliphatic rings. The lowest BCUT2D eigenvalue weighted by molar-refractivity contribution is -0.120. The van der Waals surface area contributed by atoms with Gasteiger partial charge in [0.2, 0.25) is 5.91 Å². The molecular formula is C24H22N2O2. The second-order valence-corrected chi connectivity index (χ2v) is 6.68. The molecule has 0 saturated heterocycles. The standard InChI is InChI=1S/C24H22N2O2/c27-24(14-20-16-25-23-13-7-6-12-22(20)23)26-15-18-8-4-5-9-19(18)17-28-21-10-2-1-3-11-21/h1-13,16,25H,14-15,17H2,(H,26,27). The number of benzene rings is 3. The first kappa shape index (κ1) is 17.9. The summed E-state index contributed by atoms with van der Waals surface area (Å²) in [4.78, 5) is 15.7. The van der Waals surface area contributed by atoms with Crippen LogP contribution in [0.1, 0.15) is 16.7 Å². The second kappa shape index (κ2) is 8.44. The number of aromatic nitrogens is 1. The van der Waals surface area contributed by atoms with Crippen molar-refractivity contribution in [2.75, 3.05) is 0 Å². The van der Waals surface area contributed by atoms with Gasteiger partial charge in [0.25, 0.3) is 0 Å². The van der Waals surface area contributed by atoms with Crippen molar-refractivity contribution in [2.45, 2.75) is 19.6 Å². The Balaban J connectivity index is 1.37.